The molecule has 6 heteroatoms. The highest BCUT2D eigenvalue weighted by atomic mass is 16.3. The Labute approximate surface area is 169 Å². The van der Waals surface area contributed by atoms with Crippen LogP contribution in [-0.4, -0.2) is 39.4 Å². The lowest BCUT2D eigenvalue weighted by Crippen LogP contribution is -2.52. The number of carbonyl (C=O) groups is 3. The van der Waals surface area contributed by atoms with Crippen LogP contribution in [-0.2, 0) is 22.6 Å². The molecule has 150 valence electrons. The number of aliphatic hydroxyl groups is 1. The quantitative estimate of drug-likeness (QED) is 0.783. The molecule has 1 fully saturated rings. The fraction of sp³-hybridized carbons (Fsp3) is 0.348. The van der Waals surface area contributed by atoms with E-state index in [1.54, 1.807) is 18.7 Å². The largest absolute Gasteiger partial charge is 0.390 e. The van der Waals surface area contributed by atoms with Gasteiger partial charge in [0, 0.05) is 24.9 Å². The molecule has 0 spiro atoms. The maximum atomic E-state index is 13.0. The molecule has 1 atom stereocenters. The summed E-state index contributed by atoms with van der Waals surface area (Å²) in [6.07, 6.45) is 1.09. The average molecular weight is 392 g/mol. The molecule has 2 aliphatic rings. The van der Waals surface area contributed by atoms with Gasteiger partial charge in [-0.05, 0) is 48.6 Å². The van der Waals surface area contributed by atoms with Crippen LogP contribution in [0.3, 0.4) is 0 Å². The molecule has 3 amide bonds. The van der Waals surface area contributed by atoms with E-state index in [0.717, 1.165) is 22.3 Å². The van der Waals surface area contributed by atoms with Gasteiger partial charge in [-0.3, -0.25) is 19.7 Å². The minimum atomic E-state index is -0.842. The zero-order valence-electron chi connectivity index (χ0n) is 16.6. The lowest BCUT2D eigenvalue weighted by Gasteiger charge is -2.29. The van der Waals surface area contributed by atoms with Crippen molar-refractivity contribution in [3.63, 3.8) is 0 Å². The standard InChI is InChI=1S/C23H24N2O4/c1-23(2,29)12-15-5-3-4-6-17(15)14-7-8-16-13-25(22(28)18(16)11-14)19-9-10-20(26)24-21(19)27/h3-8,11,19,29H,9-10,12-13H2,1-2H3,(H,24,26,27). The number of fused-ring (bicyclic) bond motifs is 1. The van der Waals surface area contributed by atoms with E-state index in [1.165, 1.54) is 0 Å². The Morgan fingerprint density at radius 2 is 1.86 bits per heavy atom. The van der Waals surface area contributed by atoms with Crippen LogP contribution in [0.2, 0.25) is 0 Å². The van der Waals surface area contributed by atoms with Gasteiger partial charge in [0.05, 0.1) is 5.60 Å². The smallest absolute Gasteiger partial charge is 0.255 e. The van der Waals surface area contributed by atoms with Crippen LogP contribution in [0.5, 0.6) is 0 Å². The Bertz CT molecular complexity index is 1010. The van der Waals surface area contributed by atoms with Crippen LogP contribution >= 0.6 is 0 Å². The first-order chi connectivity index (χ1) is 13.7. The van der Waals surface area contributed by atoms with Crippen molar-refractivity contribution in [3.05, 3.63) is 59.2 Å². The molecule has 0 saturated carbocycles. The van der Waals surface area contributed by atoms with Crippen molar-refractivity contribution >= 4 is 17.7 Å². The van der Waals surface area contributed by atoms with Gasteiger partial charge in [-0.15, -0.1) is 0 Å². The third-order valence-corrected chi connectivity index (χ3v) is 5.48. The van der Waals surface area contributed by atoms with Gasteiger partial charge >= 0.3 is 0 Å². The number of carbonyl (C=O) groups excluding carboxylic acids is 3. The Hall–Kier alpha value is -2.99. The molecule has 1 saturated heterocycles. The third-order valence-electron chi connectivity index (χ3n) is 5.48. The lowest BCUT2D eigenvalue weighted by atomic mass is 9.90. The van der Waals surface area contributed by atoms with Crippen LogP contribution < -0.4 is 5.32 Å². The van der Waals surface area contributed by atoms with Crippen LogP contribution in [0.4, 0.5) is 0 Å². The van der Waals surface area contributed by atoms with Crippen molar-refractivity contribution in [2.45, 2.75) is 51.3 Å². The zero-order valence-corrected chi connectivity index (χ0v) is 16.6. The van der Waals surface area contributed by atoms with E-state index in [-0.39, 0.29) is 18.2 Å². The van der Waals surface area contributed by atoms with E-state index >= 15 is 0 Å². The Kier molecular flexibility index (Phi) is 4.74. The molecule has 29 heavy (non-hydrogen) atoms. The summed E-state index contributed by atoms with van der Waals surface area (Å²) in [6.45, 7) is 3.91. The van der Waals surface area contributed by atoms with Gasteiger partial charge in [-0.2, -0.15) is 0 Å². The van der Waals surface area contributed by atoms with Crippen molar-refractivity contribution < 1.29 is 19.5 Å². The van der Waals surface area contributed by atoms with Crippen LogP contribution in [0.1, 0.15) is 48.2 Å². The predicted octanol–water partition coefficient (Wildman–Crippen LogP) is 2.43. The molecule has 0 radical (unpaired) electrons. The molecular weight excluding hydrogens is 368 g/mol. The monoisotopic (exact) mass is 392 g/mol. The van der Waals surface area contributed by atoms with Crippen molar-refractivity contribution in [3.8, 4) is 11.1 Å². The van der Waals surface area contributed by atoms with E-state index in [1.807, 2.05) is 42.5 Å². The second kappa shape index (κ2) is 7.12. The van der Waals surface area contributed by atoms with E-state index in [9.17, 15) is 19.5 Å². The average Bonchev–Trinajstić information content (AvgIpc) is 2.97. The first-order valence-electron chi connectivity index (χ1n) is 9.81. The summed E-state index contributed by atoms with van der Waals surface area (Å²) in [5.74, 6) is -0.879. The Morgan fingerprint density at radius 3 is 2.59 bits per heavy atom. The second-order valence-electron chi connectivity index (χ2n) is 8.42. The Balaban J connectivity index is 1.64. The van der Waals surface area contributed by atoms with Gasteiger partial charge in [0.1, 0.15) is 6.04 Å². The molecule has 1 unspecified atom stereocenters. The number of amides is 3. The summed E-state index contributed by atoms with van der Waals surface area (Å²) in [7, 11) is 0. The van der Waals surface area contributed by atoms with E-state index in [0.29, 0.717) is 24.9 Å². The number of hydrogen-bond donors (Lipinski definition) is 2. The third kappa shape index (κ3) is 3.80. The molecule has 2 aliphatic heterocycles. The number of rotatable bonds is 4. The summed E-state index contributed by atoms with van der Waals surface area (Å²) in [5.41, 5.74) is 3.51. The first kappa shape index (κ1) is 19.3. The molecule has 2 aromatic rings. The number of hydrogen-bond acceptors (Lipinski definition) is 4. The predicted molar refractivity (Wildman–Crippen MR) is 108 cm³/mol. The van der Waals surface area contributed by atoms with Crippen LogP contribution in [0.25, 0.3) is 11.1 Å². The van der Waals surface area contributed by atoms with Crippen LogP contribution in [0.15, 0.2) is 42.5 Å². The van der Waals surface area contributed by atoms with E-state index < -0.39 is 17.6 Å². The Morgan fingerprint density at radius 1 is 1.10 bits per heavy atom. The van der Waals surface area contributed by atoms with Crippen LogP contribution in [0, 0.1) is 0 Å². The molecule has 2 heterocycles. The SMILES string of the molecule is CC(C)(O)Cc1ccccc1-c1ccc2c(c1)C(=O)N(C1CCC(=O)NC1=O)C2. The van der Waals surface area contributed by atoms with Gasteiger partial charge in [0.15, 0.2) is 0 Å². The van der Waals surface area contributed by atoms with Gasteiger partial charge in [0.25, 0.3) is 5.91 Å². The summed E-state index contributed by atoms with van der Waals surface area (Å²) in [6, 6.07) is 13.0. The highest BCUT2D eigenvalue weighted by Crippen LogP contribution is 2.33. The maximum absolute atomic E-state index is 13.0. The summed E-state index contributed by atoms with van der Waals surface area (Å²) in [4.78, 5) is 38.2. The topological polar surface area (TPSA) is 86.7 Å². The molecule has 0 aliphatic carbocycles. The van der Waals surface area contributed by atoms with Crippen molar-refractivity contribution in [2.75, 3.05) is 0 Å². The minimum Gasteiger partial charge on any atom is -0.390 e. The number of nitrogens with one attached hydrogen (secondary N) is 1. The van der Waals surface area contributed by atoms with Crippen molar-refractivity contribution in [1.29, 1.82) is 0 Å². The molecule has 6 nitrogen and oxygen atoms in total. The van der Waals surface area contributed by atoms with Gasteiger partial charge in [-0.1, -0.05) is 36.4 Å². The molecule has 0 aromatic heterocycles. The van der Waals surface area contributed by atoms with E-state index in [2.05, 4.69) is 5.32 Å². The normalized spacial score (nSPS) is 19.3. The lowest BCUT2D eigenvalue weighted by molar-refractivity contribution is -0.136. The number of piperidine rings is 1. The molecule has 2 N–H and O–H groups in total. The maximum Gasteiger partial charge on any atom is 0.255 e. The molecule has 4 rings (SSSR count). The summed E-state index contributed by atoms with van der Waals surface area (Å²) in [5, 5.41) is 12.6. The second-order valence-corrected chi connectivity index (χ2v) is 8.42. The van der Waals surface area contributed by atoms with Crippen molar-refractivity contribution in [1.82, 2.24) is 10.2 Å². The highest BCUT2D eigenvalue weighted by Gasteiger charge is 2.39. The first-order valence-corrected chi connectivity index (χ1v) is 9.81. The van der Waals surface area contributed by atoms with E-state index in [4.69, 9.17) is 0 Å². The highest BCUT2D eigenvalue weighted by molar-refractivity contribution is 6.05. The summed E-state index contributed by atoms with van der Waals surface area (Å²) < 4.78 is 0. The fourth-order valence-corrected chi connectivity index (χ4v) is 4.14. The summed E-state index contributed by atoms with van der Waals surface area (Å²) >= 11 is 0. The molecule has 2 aromatic carbocycles. The minimum absolute atomic E-state index is 0.184. The number of imide groups is 1. The number of nitrogens with zero attached hydrogens (tertiary/aromatic N) is 1. The fourth-order valence-electron chi connectivity index (χ4n) is 4.14. The molecular formula is C23H24N2O4. The zero-order chi connectivity index (χ0) is 20.8. The van der Waals surface area contributed by atoms with Crippen molar-refractivity contribution in [2.24, 2.45) is 0 Å². The number of benzene rings is 2. The molecule has 0 bridgehead atoms. The van der Waals surface area contributed by atoms with Gasteiger partial charge < -0.3 is 10.0 Å². The van der Waals surface area contributed by atoms with Gasteiger partial charge in [0.2, 0.25) is 11.8 Å². The van der Waals surface area contributed by atoms with Gasteiger partial charge in [-0.25, -0.2) is 0 Å².